The van der Waals surface area contributed by atoms with Crippen LogP contribution in [0, 0.1) is 5.41 Å². The van der Waals surface area contributed by atoms with Gasteiger partial charge in [-0.25, -0.2) is 0 Å². The van der Waals surface area contributed by atoms with E-state index in [0.717, 1.165) is 18.1 Å². The Morgan fingerprint density at radius 3 is 1.77 bits per heavy atom. The molecule has 0 aliphatic carbocycles. The zero-order valence-corrected chi connectivity index (χ0v) is 15.4. The Morgan fingerprint density at radius 2 is 1.27 bits per heavy atom. The van der Waals surface area contributed by atoms with E-state index in [2.05, 4.69) is 42.4 Å². The van der Waals surface area contributed by atoms with Crippen LogP contribution in [0.3, 0.4) is 0 Å². The van der Waals surface area contributed by atoms with E-state index in [4.69, 9.17) is 0 Å². The number of hydrogen-bond acceptors (Lipinski definition) is 3. The van der Waals surface area contributed by atoms with Crippen molar-refractivity contribution in [2.45, 2.75) is 77.9 Å². The Morgan fingerprint density at radius 1 is 0.727 bits per heavy atom. The van der Waals surface area contributed by atoms with Crippen molar-refractivity contribution in [3.05, 3.63) is 0 Å². The molecule has 3 saturated heterocycles. The number of likely N-dealkylation sites (tertiary alicyclic amines) is 3. The smallest absolute Gasteiger partial charge is 0.0235 e. The Labute approximate surface area is 138 Å². The molecule has 0 aromatic rings. The molecule has 1 unspecified atom stereocenters. The molecule has 0 N–H and O–H groups in total. The lowest BCUT2D eigenvalue weighted by Crippen LogP contribution is -2.50. The van der Waals surface area contributed by atoms with Gasteiger partial charge in [0.05, 0.1) is 0 Å². The summed E-state index contributed by atoms with van der Waals surface area (Å²) in [5, 5.41) is 0. The van der Waals surface area contributed by atoms with E-state index in [-0.39, 0.29) is 0 Å². The van der Waals surface area contributed by atoms with Gasteiger partial charge in [0.2, 0.25) is 0 Å². The zero-order chi connectivity index (χ0) is 15.7. The van der Waals surface area contributed by atoms with Gasteiger partial charge in [-0.3, -0.25) is 9.80 Å². The van der Waals surface area contributed by atoms with Crippen molar-refractivity contribution in [2.24, 2.45) is 5.41 Å². The minimum Gasteiger partial charge on any atom is -0.301 e. The van der Waals surface area contributed by atoms with Crippen molar-refractivity contribution >= 4 is 0 Å². The van der Waals surface area contributed by atoms with Crippen molar-refractivity contribution in [1.82, 2.24) is 14.7 Å². The van der Waals surface area contributed by atoms with Crippen LogP contribution in [0.25, 0.3) is 0 Å². The fraction of sp³-hybridized carbons (Fsp3) is 1.00. The molecule has 3 heterocycles. The van der Waals surface area contributed by atoms with Crippen LogP contribution in [-0.2, 0) is 0 Å². The summed E-state index contributed by atoms with van der Waals surface area (Å²) in [6.45, 7) is 17.4. The summed E-state index contributed by atoms with van der Waals surface area (Å²) in [7, 11) is 0. The van der Waals surface area contributed by atoms with Crippen LogP contribution in [-0.4, -0.2) is 72.1 Å². The minimum atomic E-state index is 0.693. The van der Waals surface area contributed by atoms with Gasteiger partial charge in [-0.1, -0.05) is 0 Å². The topological polar surface area (TPSA) is 9.72 Å². The molecule has 3 heteroatoms. The maximum atomic E-state index is 2.82. The highest BCUT2D eigenvalue weighted by atomic mass is 15.3. The molecule has 3 nitrogen and oxygen atoms in total. The number of nitrogens with zero attached hydrogens (tertiary/aromatic N) is 3. The molecular weight excluding hydrogens is 270 g/mol. The molecule has 0 saturated carbocycles. The molecule has 0 amide bonds. The van der Waals surface area contributed by atoms with Gasteiger partial charge in [0, 0.05) is 31.2 Å². The van der Waals surface area contributed by atoms with Crippen molar-refractivity contribution in [1.29, 1.82) is 0 Å². The summed E-state index contributed by atoms with van der Waals surface area (Å²) >= 11 is 0. The first-order valence-corrected chi connectivity index (χ1v) is 9.71. The number of hydrogen-bond donors (Lipinski definition) is 0. The molecule has 1 atom stereocenters. The molecule has 22 heavy (non-hydrogen) atoms. The highest BCUT2D eigenvalue weighted by Crippen LogP contribution is 2.42. The highest BCUT2D eigenvalue weighted by Gasteiger charge is 2.40. The molecule has 0 aromatic heterocycles. The van der Waals surface area contributed by atoms with Gasteiger partial charge < -0.3 is 4.90 Å². The predicted molar refractivity (Wildman–Crippen MR) is 94.3 cm³/mol. The Hall–Kier alpha value is -0.120. The van der Waals surface area contributed by atoms with Gasteiger partial charge in [-0.2, -0.15) is 0 Å². The van der Waals surface area contributed by atoms with Crippen molar-refractivity contribution in [3.8, 4) is 0 Å². The van der Waals surface area contributed by atoms with Gasteiger partial charge in [0.1, 0.15) is 0 Å². The standard InChI is InChI=1S/C19H37N3/c1-16(2)20-11-6-19(7-12-20)8-13-21(14-9-19)18-5-10-22(15-18)17(3)4/h16-18H,5-15H2,1-4H3. The lowest BCUT2D eigenvalue weighted by Gasteiger charge is -2.49. The first-order valence-electron chi connectivity index (χ1n) is 9.71. The van der Waals surface area contributed by atoms with Crippen LogP contribution >= 0.6 is 0 Å². The third-order valence-electron chi connectivity index (χ3n) is 6.89. The lowest BCUT2D eigenvalue weighted by molar-refractivity contribution is 0.0130. The normalized spacial score (nSPS) is 31.6. The summed E-state index contributed by atoms with van der Waals surface area (Å²) in [5.41, 5.74) is 0.693. The van der Waals surface area contributed by atoms with E-state index < -0.39 is 0 Å². The highest BCUT2D eigenvalue weighted by molar-refractivity contribution is 4.94. The van der Waals surface area contributed by atoms with E-state index in [1.807, 2.05) is 0 Å². The first-order chi connectivity index (χ1) is 10.5. The van der Waals surface area contributed by atoms with E-state index in [0.29, 0.717) is 5.41 Å². The monoisotopic (exact) mass is 307 g/mol. The van der Waals surface area contributed by atoms with Gasteiger partial charge in [0.15, 0.2) is 0 Å². The first kappa shape index (κ1) is 16.7. The molecule has 3 aliphatic heterocycles. The number of rotatable bonds is 3. The number of piperidine rings is 2. The van der Waals surface area contributed by atoms with Crippen LogP contribution in [0.1, 0.15) is 59.8 Å². The molecule has 128 valence electrons. The van der Waals surface area contributed by atoms with Crippen molar-refractivity contribution in [2.75, 3.05) is 39.3 Å². The molecule has 0 radical (unpaired) electrons. The third-order valence-corrected chi connectivity index (χ3v) is 6.89. The van der Waals surface area contributed by atoms with Crippen molar-refractivity contribution < 1.29 is 0 Å². The molecule has 0 aromatic carbocycles. The molecule has 1 spiro atoms. The SMILES string of the molecule is CC(C)N1CCC2(CC1)CCN(C1CCN(C(C)C)C1)CC2. The molecule has 3 rings (SSSR count). The van der Waals surface area contributed by atoms with E-state index in [1.54, 1.807) is 0 Å². The summed E-state index contributed by atoms with van der Waals surface area (Å²) in [6, 6.07) is 2.30. The maximum Gasteiger partial charge on any atom is 0.0235 e. The second-order valence-electron chi connectivity index (χ2n) is 8.70. The summed E-state index contributed by atoms with van der Waals surface area (Å²) in [6.07, 6.45) is 7.20. The van der Waals surface area contributed by atoms with Crippen LogP contribution in [0.5, 0.6) is 0 Å². The van der Waals surface area contributed by atoms with Gasteiger partial charge in [0.25, 0.3) is 0 Å². The van der Waals surface area contributed by atoms with Gasteiger partial charge in [-0.15, -0.1) is 0 Å². The Kier molecular flexibility index (Phi) is 5.16. The van der Waals surface area contributed by atoms with Gasteiger partial charge >= 0.3 is 0 Å². The molecule has 0 bridgehead atoms. The van der Waals surface area contributed by atoms with Gasteiger partial charge in [-0.05, 0) is 91.4 Å². The summed E-state index contributed by atoms with van der Waals surface area (Å²) < 4.78 is 0. The van der Waals surface area contributed by atoms with E-state index >= 15 is 0 Å². The van der Waals surface area contributed by atoms with Crippen LogP contribution in [0.15, 0.2) is 0 Å². The molecule has 3 aliphatic rings. The second kappa shape index (κ2) is 6.78. The van der Waals surface area contributed by atoms with Crippen molar-refractivity contribution in [3.63, 3.8) is 0 Å². The summed E-state index contributed by atoms with van der Waals surface area (Å²) in [5.74, 6) is 0. The Balaban J connectivity index is 1.47. The van der Waals surface area contributed by atoms with E-state index in [1.165, 1.54) is 71.4 Å². The zero-order valence-electron chi connectivity index (χ0n) is 15.4. The van der Waals surface area contributed by atoms with Crippen LogP contribution in [0.2, 0.25) is 0 Å². The third kappa shape index (κ3) is 3.52. The average Bonchev–Trinajstić information content (AvgIpc) is 2.98. The van der Waals surface area contributed by atoms with Crippen LogP contribution < -0.4 is 0 Å². The quantitative estimate of drug-likeness (QED) is 0.793. The molecule has 3 fully saturated rings. The summed E-state index contributed by atoms with van der Waals surface area (Å²) in [4.78, 5) is 8.16. The van der Waals surface area contributed by atoms with E-state index in [9.17, 15) is 0 Å². The second-order valence-corrected chi connectivity index (χ2v) is 8.70. The fourth-order valence-electron chi connectivity index (χ4n) is 4.91. The largest absolute Gasteiger partial charge is 0.301 e. The Bertz CT molecular complexity index is 348. The predicted octanol–water partition coefficient (Wildman–Crippen LogP) is 3.06. The van der Waals surface area contributed by atoms with Crippen LogP contribution in [0.4, 0.5) is 0 Å². The fourth-order valence-corrected chi connectivity index (χ4v) is 4.91. The lowest BCUT2D eigenvalue weighted by atomic mass is 9.71. The minimum absolute atomic E-state index is 0.693. The average molecular weight is 308 g/mol. The maximum absolute atomic E-state index is 2.82. The molecular formula is C19H37N3.